The van der Waals surface area contributed by atoms with Gasteiger partial charge in [-0.1, -0.05) is 20.8 Å². The molecule has 1 atom stereocenters. The van der Waals surface area contributed by atoms with Gasteiger partial charge in [-0.05, 0) is 12.3 Å². The number of nitrogens with zero attached hydrogens (tertiary/aromatic N) is 3. The first-order valence-electron chi connectivity index (χ1n) is 6.08. The van der Waals surface area contributed by atoms with Gasteiger partial charge < -0.3 is 10.4 Å². The Hall–Kier alpha value is -2.03. The molecule has 0 aliphatic rings. The van der Waals surface area contributed by atoms with Crippen LogP contribution in [0.15, 0.2) is 0 Å². The second-order valence-corrected chi connectivity index (χ2v) is 5.71. The Kier molecular flexibility index (Phi) is 4.20. The third-order valence-electron chi connectivity index (χ3n) is 3.07. The van der Waals surface area contributed by atoms with E-state index in [1.807, 2.05) is 20.8 Å². The Morgan fingerprint density at radius 1 is 1.58 bits per heavy atom. The van der Waals surface area contributed by atoms with Gasteiger partial charge in [-0.25, -0.2) is 0 Å². The SMILES string of the molecule is Cc1nn(C)c(NC(CC(=O)O)C(C)(C)C)c1C#N. The maximum atomic E-state index is 11.0. The fourth-order valence-corrected chi connectivity index (χ4v) is 1.87. The van der Waals surface area contributed by atoms with Gasteiger partial charge >= 0.3 is 5.97 Å². The lowest BCUT2D eigenvalue weighted by Crippen LogP contribution is -2.36. The van der Waals surface area contributed by atoms with Crippen LogP contribution in [-0.2, 0) is 11.8 Å². The molecule has 0 aromatic carbocycles. The molecule has 1 rings (SSSR count). The Morgan fingerprint density at radius 2 is 2.16 bits per heavy atom. The molecular formula is C13H20N4O2. The number of nitriles is 1. The van der Waals surface area contributed by atoms with E-state index in [0.717, 1.165) is 0 Å². The molecule has 2 N–H and O–H groups in total. The highest BCUT2D eigenvalue weighted by Gasteiger charge is 2.29. The first-order valence-corrected chi connectivity index (χ1v) is 6.08. The lowest BCUT2D eigenvalue weighted by molar-refractivity contribution is -0.137. The zero-order valence-corrected chi connectivity index (χ0v) is 12.0. The van der Waals surface area contributed by atoms with Crippen molar-refractivity contribution >= 4 is 11.8 Å². The Labute approximate surface area is 113 Å². The van der Waals surface area contributed by atoms with Crippen LogP contribution in [0.25, 0.3) is 0 Å². The summed E-state index contributed by atoms with van der Waals surface area (Å²) < 4.78 is 1.58. The standard InChI is InChI=1S/C13H20N4O2/c1-8-9(7-14)12(17(5)16-8)15-10(6-11(18)19)13(2,3)4/h10,15H,6H2,1-5H3,(H,18,19). The van der Waals surface area contributed by atoms with E-state index in [2.05, 4.69) is 16.5 Å². The average molecular weight is 264 g/mol. The van der Waals surface area contributed by atoms with Gasteiger partial charge in [-0.3, -0.25) is 9.48 Å². The van der Waals surface area contributed by atoms with Crippen molar-refractivity contribution in [2.45, 2.75) is 40.2 Å². The number of carboxylic acid groups (broad SMARTS) is 1. The van der Waals surface area contributed by atoms with E-state index in [0.29, 0.717) is 17.1 Å². The fraction of sp³-hybridized carbons (Fsp3) is 0.615. The predicted molar refractivity (Wildman–Crippen MR) is 71.8 cm³/mol. The monoisotopic (exact) mass is 264 g/mol. The molecule has 0 saturated heterocycles. The molecule has 0 amide bonds. The number of carboxylic acids is 1. The van der Waals surface area contributed by atoms with E-state index in [1.165, 1.54) is 0 Å². The largest absolute Gasteiger partial charge is 0.481 e. The third-order valence-corrected chi connectivity index (χ3v) is 3.07. The highest BCUT2D eigenvalue weighted by atomic mass is 16.4. The van der Waals surface area contributed by atoms with E-state index in [1.54, 1.807) is 18.7 Å². The summed E-state index contributed by atoms with van der Waals surface area (Å²) in [4.78, 5) is 11.0. The Bertz CT molecular complexity index is 520. The molecule has 19 heavy (non-hydrogen) atoms. The number of aliphatic carboxylic acids is 1. The van der Waals surface area contributed by atoms with Gasteiger partial charge in [0.25, 0.3) is 0 Å². The summed E-state index contributed by atoms with van der Waals surface area (Å²) in [5.41, 5.74) is 0.848. The van der Waals surface area contributed by atoms with Crippen molar-refractivity contribution in [3.05, 3.63) is 11.3 Å². The van der Waals surface area contributed by atoms with Crippen LogP contribution in [0.5, 0.6) is 0 Å². The van der Waals surface area contributed by atoms with Crippen LogP contribution in [0.3, 0.4) is 0 Å². The summed E-state index contributed by atoms with van der Waals surface area (Å²) in [6.07, 6.45) is -0.0153. The summed E-state index contributed by atoms with van der Waals surface area (Å²) in [6, 6.07) is 1.82. The molecule has 6 nitrogen and oxygen atoms in total. The van der Waals surface area contributed by atoms with Crippen molar-refractivity contribution in [1.29, 1.82) is 5.26 Å². The first kappa shape index (κ1) is 15.0. The minimum Gasteiger partial charge on any atom is -0.481 e. The molecule has 1 unspecified atom stereocenters. The van der Waals surface area contributed by atoms with Gasteiger partial charge in [0.05, 0.1) is 12.1 Å². The van der Waals surface area contributed by atoms with E-state index in [9.17, 15) is 4.79 Å². The molecular weight excluding hydrogens is 244 g/mol. The van der Waals surface area contributed by atoms with Crippen molar-refractivity contribution in [2.75, 3.05) is 5.32 Å². The molecule has 1 heterocycles. The number of aromatic nitrogens is 2. The second-order valence-electron chi connectivity index (χ2n) is 5.71. The highest BCUT2D eigenvalue weighted by Crippen LogP contribution is 2.27. The number of hydrogen-bond donors (Lipinski definition) is 2. The van der Waals surface area contributed by atoms with Gasteiger partial charge in [0.15, 0.2) is 0 Å². The summed E-state index contributed by atoms with van der Waals surface area (Å²) in [7, 11) is 1.73. The maximum absolute atomic E-state index is 11.0. The number of aryl methyl sites for hydroxylation is 2. The van der Waals surface area contributed by atoms with Crippen molar-refractivity contribution in [3.63, 3.8) is 0 Å². The van der Waals surface area contributed by atoms with Crippen LogP contribution >= 0.6 is 0 Å². The minimum absolute atomic E-state index is 0.0153. The minimum atomic E-state index is -0.871. The molecule has 0 bridgehead atoms. The van der Waals surface area contributed by atoms with Gasteiger partial charge in [0.2, 0.25) is 0 Å². The van der Waals surface area contributed by atoms with Crippen LogP contribution in [0.4, 0.5) is 5.82 Å². The molecule has 104 valence electrons. The van der Waals surface area contributed by atoms with Gasteiger partial charge in [-0.15, -0.1) is 0 Å². The number of rotatable bonds is 4. The van der Waals surface area contributed by atoms with Crippen LogP contribution < -0.4 is 5.32 Å². The average Bonchev–Trinajstić information content (AvgIpc) is 2.50. The molecule has 0 aliphatic heterocycles. The first-order chi connectivity index (χ1) is 8.66. The smallest absolute Gasteiger partial charge is 0.305 e. The number of anilines is 1. The fourth-order valence-electron chi connectivity index (χ4n) is 1.87. The molecule has 6 heteroatoms. The molecule has 0 radical (unpaired) electrons. The molecule has 0 aliphatic carbocycles. The van der Waals surface area contributed by atoms with Crippen LogP contribution in [0, 0.1) is 23.7 Å². The lowest BCUT2D eigenvalue weighted by atomic mass is 9.84. The lowest BCUT2D eigenvalue weighted by Gasteiger charge is -2.31. The third kappa shape index (κ3) is 3.47. The topological polar surface area (TPSA) is 90.9 Å². The number of nitrogens with one attached hydrogen (secondary N) is 1. The maximum Gasteiger partial charge on any atom is 0.305 e. The zero-order chi connectivity index (χ0) is 14.8. The van der Waals surface area contributed by atoms with E-state index in [-0.39, 0.29) is 17.9 Å². The Morgan fingerprint density at radius 3 is 2.58 bits per heavy atom. The van der Waals surface area contributed by atoms with Gasteiger partial charge in [0.1, 0.15) is 17.5 Å². The summed E-state index contributed by atoms with van der Waals surface area (Å²) in [6.45, 7) is 7.64. The normalized spacial score (nSPS) is 12.8. The van der Waals surface area contributed by atoms with Crippen molar-refractivity contribution in [2.24, 2.45) is 12.5 Å². The van der Waals surface area contributed by atoms with E-state index < -0.39 is 5.97 Å². The zero-order valence-electron chi connectivity index (χ0n) is 12.0. The molecule has 1 aromatic rings. The second kappa shape index (κ2) is 5.31. The Balaban J connectivity index is 3.11. The van der Waals surface area contributed by atoms with Gasteiger partial charge in [-0.2, -0.15) is 10.4 Å². The van der Waals surface area contributed by atoms with Gasteiger partial charge in [0, 0.05) is 13.1 Å². The van der Waals surface area contributed by atoms with Crippen LogP contribution in [-0.4, -0.2) is 26.9 Å². The quantitative estimate of drug-likeness (QED) is 0.866. The van der Waals surface area contributed by atoms with Crippen LogP contribution in [0.2, 0.25) is 0 Å². The number of hydrogen-bond acceptors (Lipinski definition) is 4. The summed E-state index contributed by atoms with van der Waals surface area (Å²) in [5.74, 6) is -0.300. The molecule has 0 fully saturated rings. The van der Waals surface area contributed by atoms with Crippen LogP contribution in [0.1, 0.15) is 38.4 Å². The van der Waals surface area contributed by atoms with Crippen molar-refractivity contribution in [3.8, 4) is 6.07 Å². The van der Waals surface area contributed by atoms with Crippen molar-refractivity contribution in [1.82, 2.24) is 9.78 Å². The summed E-state index contributed by atoms with van der Waals surface area (Å²) >= 11 is 0. The molecule has 0 spiro atoms. The van der Waals surface area contributed by atoms with E-state index in [4.69, 9.17) is 10.4 Å². The highest BCUT2D eigenvalue weighted by molar-refractivity contribution is 5.69. The number of carbonyl (C=O) groups is 1. The predicted octanol–water partition coefficient (Wildman–Crippen LogP) is 1.90. The molecule has 0 saturated carbocycles. The van der Waals surface area contributed by atoms with E-state index >= 15 is 0 Å². The summed E-state index contributed by atoms with van der Waals surface area (Å²) in [5, 5.41) is 25.5. The van der Waals surface area contributed by atoms with Crippen molar-refractivity contribution < 1.29 is 9.90 Å². The molecule has 1 aromatic heterocycles.